The fraction of sp³-hybridized carbons (Fsp3) is 0.438. The molecule has 112 valence electrons. The van der Waals surface area contributed by atoms with Crippen LogP contribution in [0.4, 0.5) is 0 Å². The van der Waals surface area contributed by atoms with Crippen LogP contribution < -0.4 is 11.1 Å². The van der Waals surface area contributed by atoms with E-state index in [1.54, 1.807) is 11.3 Å². The third kappa shape index (κ3) is 3.26. The first-order valence-electron chi connectivity index (χ1n) is 7.32. The Hall–Kier alpha value is -1.43. The zero-order valence-electron chi connectivity index (χ0n) is 11.9. The number of hydrogen-bond acceptors (Lipinski definition) is 4. The number of nitrogens with one attached hydrogen (secondary N) is 1. The second kappa shape index (κ2) is 6.56. The summed E-state index contributed by atoms with van der Waals surface area (Å²) in [5.74, 6) is 0.176. The molecule has 5 heteroatoms. The van der Waals surface area contributed by atoms with Crippen LogP contribution in [0.2, 0.25) is 0 Å². The second-order valence-corrected chi connectivity index (χ2v) is 6.36. The molecule has 4 nitrogen and oxygen atoms in total. The Morgan fingerprint density at radius 2 is 2.14 bits per heavy atom. The van der Waals surface area contributed by atoms with Gasteiger partial charge in [0, 0.05) is 24.5 Å². The van der Waals surface area contributed by atoms with E-state index in [0.717, 1.165) is 18.4 Å². The standard InChI is InChI=1S/C16H20N2O2S/c17-15(11-5-7-20-8-6-11)16(19)18-9-12-10-21-14-4-2-1-3-13(12)14/h1-4,10-11,15H,5-9,17H2,(H,18,19). The normalized spacial score (nSPS) is 17.8. The van der Waals surface area contributed by atoms with Crippen LogP contribution in [-0.2, 0) is 16.1 Å². The van der Waals surface area contributed by atoms with Crippen molar-refractivity contribution in [3.05, 3.63) is 35.2 Å². The van der Waals surface area contributed by atoms with Crippen molar-refractivity contribution in [1.29, 1.82) is 0 Å². The third-order valence-corrected chi connectivity index (χ3v) is 5.10. The van der Waals surface area contributed by atoms with Crippen molar-refractivity contribution in [2.45, 2.75) is 25.4 Å². The Labute approximate surface area is 128 Å². The van der Waals surface area contributed by atoms with Crippen molar-refractivity contribution in [1.82, 2.24) is 5.32 Å². The highest BCUT2D eigenvalue weighted by molar-refractivity contribution is 7.17. The van der Waals surface area contributed by atoms with Crippen LogP contribution in [0.5, 0.6) is 0 Å². The summed E-state index contributed by atoms with van der Waals surface area (Å²) in [5.41, 5.74) is 7.23. The number of benzene rings is 1. The highest BCUT2D eigenvalue weighted by Gasteiger charge is 2.26. The zero-order valence-corrected chi connectivity index (χ0v) is 12.7. The minimum atomic E-state index is -0.432. The summed E-state index contributed by atoms with van der Waals surface area (Å²) in [6, 6.07) is 7.81. The van der Waals surface area contributed by atoms with Crippen molar-refractivity contribution in [3.8, 4) is 0 Å². The Bertz CT molecular complexity index is 620. The summed E-state index contributed by atoms with van der Waals surface area (Å²) in [6.07, 6.45) is 1.74. The molecule has 1 aromatic heterocycles. The molecule has 21 heavy (non-hydrogen) atoms. The summed E-state index contributed by atoms with van der Waals surface area (Å²) in [4.78, 5) is 12.2. The van der Waals surface area contributed by atoms with Gasteiger partial charge in [-0.15, -0.1) is 11.3 Å². The molecule has 1 amide bonds. The maximum Gasteiger partial charge on any atom is 0.237 e. The minimum Gasteiger partial charge on any atom is -0.381 e. The number of hydrogen-bond donors (Lipinski definition) is 2. The van der Waals surface area contributed by atoms with Crippen LogP contribution in [0.3, 0.4) is 0 Å². The Morgan fingerprint density at radius 3 is 2.95 bits per heavy atom. The van der Waals surface area contributed by atoms with E-state index in [4.69, 9.17) is 10.5 Å². The van der Waals surface area contributed by atoms with Gasteiger partial charge in [-0.1, -0.05) is 18.2 Å². The number of thiophene rings is 1. The van der Waals surface area contributed by atoms with Gasteiger partial charge < -0.3 is 15.8 Å². The molecule has 0 bridgehead atoms. The highest BCUT2D eigenvalue weighted by Crippen LogP contribution is 2.25. The molecular formula is C16H20N2O2S. The lowest BCUT2D eigenvalue weighted by molar-refractivity contribution is -0.124. The molecule has 0 saturated carbocycles. The van der Waals surface area contributed by atoms with Gasteiger partial charge in [-0.25, -0.2) is 0 Å². The number of carbonyl (C=O) groups is 1. The lowest BCUT2D eigenvalue weighted by atomic mass is 9.92. The third-order valence-electron chi connectivity index (χ3n) is 4.09. The maximum atomic E-state index is 12.2. The summed E-state index contributed by atoms with van der Waals surface area (Å²) in [7, 11) is 0. The van der Waals surface area contributed by atoms with E-state index in [2.05, 4.69) is 22.8 Å². The van der Waals surface area contributed by atoms with Crippen LogP contribution in [0.1, 0.15) is 18.4 Å². The van der Waals surface area contributed by atoms with E-state index in [-0.39, 0.29) is 11.8 Å². The van der Waals surface area contributed by atoms with Gasteiger partial charge in [0.15, 0.2) is 0 Å². The van der Waals surface area contributed by atoms with E-state index in [0.29, 0.717) is 19.8 Å². The molecule has 2 aromatic rings. The first-order valence-corrected chi connectivity index (χ1v) is 8.20. The van der Waals surface area contributed by atoms with Crippen LogP contribution in [0.15, 0.2) is 29.6 Å². The van der Waals surface area contributed by atoms with Crippen LogP contribution in [-0.4, -0.2) is 25.2 Å². The predicted octanol–water partition coefficient (Wildman–Crippen LogP) is 2.27. The molecular weight excluding hydrogens is 284 g/mol. The van der Waals surface area contributed by atoms with Crippen LogP contribution >= 0.6 is 11.3 Å². The lowest BCUT2D eigenvalue weighted by Gasteiger charge is -2.26. The van der Waals surface area contributed by atoms with Gasteiger partial charge in [0.25, 0.3) is 0 Å². The van der Waals surface area contributed by atoms with Gasteiger partial charge in [-0.3, -0.25) is 4.79 Å². The first-order chi connectivity index (χ1) is 10.3. The molecule has 0 aliphatic carbocycles. The maximum absolute atomic E-state index is 12.2. The molecule has 1 saturated heterocycles. The monoisotopic (exact) mass is 304 g/mol. The molecule has 3 N–H and O–H groups in total. The van der Waals surface area contributed by atoms with Crippen molar-refractivity contribution in [2.24, 2.45) is 11.7 Å². The van der Waals surface area contributed by atoms with E-state index in [1.807, 2.05) is 12.1 Å². The Kier molecular flexibility index (Phi) is 4.53. The minimum absolute atomic E-state index is 0.0582. The quantitative estimate of drug-likeness (QED) is 0.911. The van der Waals surface area contributed by atoms with Gasteiger partial charge in [-0.2, -0.15) is 0 Å². The summed E-state index contributed by atoms with van der Waals surface area (Å²) in [6.45, 7) is 1.96. The van der Waals surface area contributed by atoms with Gasteiger partial charge in [0.2, 0.25) is 5.91 Å². The van der Waals surface area contributed by atoms with Crippen LogP contribution in [0, 0.1) is 5.92 Å². The molecule has 0 spiro atoms. The largest absolute Gasteiger partial charge is 0.381 e. The van der Waals surface area contributed by atoms with E-state index in [9.17, 15) is 4.79 Å². The van der Waals surface area contributed by atoms with Crippen molar-refractivity contribution >= 4 is 27.3 Å². The molecule has 0 radical (unpaired) electrons. The van der Waals surface area contributed by atoms with Crippen molar-refractivity contribution in [3.63, 3.8) is 0 Å². The SMILES string of the molecule is NC(C(=O)NCc1csc2ccccc12)C1CCOCC1. The second-order valence-electron chi connectivity index (χ2n) is 5.45. The molecule has 3 rings (SSSR count). The molecule has 1 aromatic carbocycles. The Morgan fingerprint density at radius 1 is 1.38 bits per heavy atom. The number of ether oxygens (including phenoxy) is 1. The summed E-state index contributed by atoms with van der Waals surface area (Å²) in [5, 5.41) is 6.29. The smallest absolute Gasteiger partial charge is 0.237 e. The average molecular weight is 304 g/mol. The average Bonchev–Trinajstić information content (AvgIpc) is 2.96. The van der Waals surface area contributed by atoms with Crippen LogP contribution in [0.25, 0.3) is 10.1 Å². The van der Waals surface area contributed by atoms with Gasteiger partial charge in [0.1, 0.15) is 0 Å². The van der Waals surface area contributed by atoms with Gasteiger partial charge in [0.05, 0.1) is 6.04 Å². The molecule has 1 aliphatic heterocycles. The molecule has 1 atom stereocenters. The molecule has 2 heterocycles. The molecule has 1 aliphatic rings. The van der Waals surface area contributed by atoms with Crippen molar-refractivity contribution < 1.29 is 9.53 Å². The van der Waals surface area contributed by atoms with Crippen molar-refractivity contribution in [2.75, 3.05) is 13.2 Å². The van der Waals surface area contributed by atoms with E-state index < -0.39 is 6.04 Å². The summed E-state index contributed by atoms with van der Waals surface area (Å²) < 4.78 is 6.56. The fourth-order valence-corrected chi connectivity index (χ4v) is 3.72. The van der Waals surface area contributed by atoms with Gasteiger partial charge >= 0.3 is 0 Å². The Balaban J connectivity index is 1.60. The summed E-state index contributed by atoms with van der Waals surface area (Å²) >= 11 is 1.70. The topological polar surface area (TPSA) is 64.4 Å². The lowest BCUT2D eigenvalue weighted by Crippen LogP contribution is -2.46. The van der Waals surface area contributed by atoms with Gasteiger partial charge in [-0.05, 0) is 41.2 Å². The fourth-order valence-electron chi connectivity index (χ4n) is 2.76. The number of rotatable bonds is 4. The predicted molar refractivity (Wildman–Crippen MR) is 85.2 cm³/mol. The van der Waals surface area contributed by atoms with E-state index >= 15 is 0 Å². The number of nitrogens with two attached hydrogens (primary N) is 1. The molecule has 1 unspecified atom stereocenters. The number of fused-ring (bicyclic) bond motifs is 1. The zero-order chi connectivity index (χ0) is 14.7. The number of amides is 1. The number of carbonyl (C=O) groups excluding carboxylic acids is 1. The highest BCUT2D eigenvalue weighted by atomic mass is 32.1. The first kappa shape index (κ1) is 14.5. The molecule has 1 fully saturated rings. The van der Waals surface area contributed by atoms with E-state index in [1.165, 1.54) is 10.1 Å².